The van der Waals surface area contributed by atoms with E-state index in [4.69, 9.17) is 9.47 Å². The predicted molar refractivity (Wildman–Crippen MR) is 127 cm³/mol. The molecule has 1 aromatic rings. The minimum atomic E-state index is -0.302. The molecule has 5 heteroatoms. The number of piperidine rings is 1. The molecular formula is C27H39NO4. The van der Waals surface area contributed by atoms with Gasteiger partial charge in [0.2, 0.25) is 0 Å². The van der Waals surface area contributed by atoms with Crippen molar-refractivity contribution in [2.45, 2.75) is 82.6 Å². The smallest absolute Gasteiger partial charge is 0.330 e. The number of likely N-dealkylation sites (tertiary alicyclic amines) is 1. The number of esters is 1. The number of unbranched alkanes of at least 4 members (excludes halogenated alkanes) is 3. The van der Waals surface area contributed by atoms with E-state index in [-0.39, 0.29) is 11.4 Å². The van der Waals surface area contributed by atoms with Gasteiger partial charge in [0.25, 0.3) is 0 Å². The molecule has 5 nitrogen and oxygen atoms in total. The van der Waals surface area contributed by atoms with Crippen molar-refractivity contribution >= 4 is 12.0 Å². The number of likely N-dealkylation sites (N-methyl/N-ethyl adjacent to an activating group) is 1. The van der Waals surface area contributed by atoms with Gasteiger partial charge in [0, 0.05) is 23.1 Å². The minimum absolute atomic E-state index is 0.0179. The molecule has 3 atom stereocenters. The number of nitrogens with zero attached hydrogens (tertiary/aromatic N) is 1. The lowest BCUT2D eigenvalue weighted by molar-refractivity contribution is -0.137. The predicted octanol–water partition coefficient (Wildman–Crippen LogP) is 5.23. The maximum atomic E-state index is 12.3. The van der Waals surface area contributed by atoms with Gasteiger partial charge in [0.15, 0.2) is 11.5 Å². The molecule has 1 heterocycles. The number of phenols is 1. The Morgan fingerprint density at radius 1 is 1.28 bits per heavy atom. The molecule has 1 aliphatic heterocycles. The maximum absolute atomic E-state index is 12.3. The van der Waals surface area contributed by atoms with E-state index in [1.165, 1.54) is 43.7 Å². The topological polar surface area (TPSA) is 59.0 Å². The molecule has 0 aromatic heterocycles. The fraction of sp³-hybridized carbons (Fsp3) is 0.667. The molecule has 0 radical (unpaired) electrons. The zero-order chi connectivity index (χ0) is 22.7. The summed E-state index contributed by atoms with van der Waals surface area (Å²) < 4.78 is 11.0. The molecule has 0 spiro atoms. The molecule has 2 fully saturated rings. The van der Waals surface area contributed by atoms with Crippen molar-refractivity contribution in [1.82, 2.24) is 4.90 Å². The van der Waals surface area contributed by atoms with Gasteiger partial charge in [-0.25, -0.2) is 4.79 Å². The molecule has 1 aromatic carbocycles. The van der Waals surface area contributed by atoms with Gasteiger partial charge in [-0.15, -0.1) is 0 Å². The van der Waals surface area contributed by atoms with Crippen molar-refractivity contribution in [2.24, 2.45) is 5.92 Å². The number of methoxy groups -OCH3 is 1. The Labute approximate surface area is 192 Å². The van der Waals surface area contributed by atoms with Gasteiger partial charge in [0.1, 0.15) is 0 Å². The van der Waals surface area contributed by atoms with Crippen LogP contribution >= 0.6 is 0 Å². The van der Waals surface area contributed by atoms with Crippen molar-refractivity contribution in [3.63, 3.8) is 0 Å². The number of phenolic OH excluding ortho intramolecular Hbond substituents is 1. The summed E-state index contributed by atoms with van der Waals surface area (Å²) in [6, 6.07) is 2.37. The van der Waals surface area contributed by atoms with Crippen LogP contribution in [0.1, 0.15) is 81.4 Å². The molecule has 2 bridgehead atoms. The van der Waals surface area contributed by atoms with Gasteiger partial charge in [-0.2, -0.15) is 0 Å². The summed E-state index contributed by atoms with van der Waals surface area (Å²) in [5.41, 5.74) is 3.27. The van der Waals surface area contributed by atoms with Crippen molar-refractivity contribution in [1.29, 1.82) is 0 Å². The molecule has 1 N–H and O–H groups in total. The third kappa shape index (κ3) is 4.16. The second-order valence-electron chi connectivity index (χ2n) is 9.94. The van der Waals surface area contributed by atoms with Crippen LogP contribution in [0, 0.1) is 5.92 Å². The van der Waals surface area contributed by atoms with Gasteiger partial charge < -0.3 is 19.5 Å². The first-order valence-corrected chi connectivity index (χ1v) is 12.5. The van der Waals surface area contributed by atoms with E-state index >= 15 is 0 Å². The fourth-order valence-electron chi connectivity index (χ4n) is 6.60. The Bertz CT molecular complexity index is 864. The van der Waals surface area contributed by atoms with E-state index in [2.05, 4.69) is 18.9 Å². The normalized spacial score (nSPS) is 27.1. The monoisotopic (exact) mass is 441 g/mol. The SMILES string of the molecule is CCCCCCOC(=O)/C=C/c1cc(OC)c(O)c2c1CC1C3CCCCC23CCN1C. The van der Waals surface area contributed by atoms with E-state index in [0.717, 1.165) is 49.8 Å². The lowest BCUT2D eigenvalue weighted by atomic mass is 9.52. The maximum Gasteiger partial charge on any atom is 0.330 e. The first-order valence-electron chi connectivity index (χ1n) is 12.5. The van der Waals surface area contributed by atoms with Crippen LogP contribution in [0.4, 0.5) is 0 Å². The average Bonchev–Trinajstić information content (AvgIpc) is 2.80. The number of ether oxygens (including phenoxy) is 2. The number of carbonyl (C=O) groups excluding carboxylic acids is 1. The Morgan fingerprint density at radius 2 is 2.12 bits per heavy atom. The van der Waals surface area contributed by atoms with Crippen LogP contribution in [-0.4, -0.2) is 49.3 Å². The molecule has 4 rings (SSSR count). The summed E-state index contributed by atoms with van der Waals surface area (Å²) in [5.74, 6) is 1.09. The van der Waals surface area contributed by atoms with E-state index in [9.17, 15) is 9.90 Å². The van der Waals surface area contributed by atoms with Crippen LogP contribution in [0.5, 0.6) is 11.5 Å². The highest BCUT2D eigenvalue weighted by molar-refractivity contribution is 5.88. The van der Waals surface area contributed by atoms with Crippen molar-refractivity contribution < 1.29 is 19.4 Å². The third-order valence-electron chi connectivity index (χ3n) is 8.22. The average molecular weight is 442 g/mol. The van der Waals surface area contributed by atoms with E-state index in [1.807, 2.05) is 12.1 Å². The fourth-order valence-corrected chi connectivity index (χ4v) is 6.60. The van der Waals surface area contributed by atoms with Gasteiger partial charge in [0.05, 0.1) is 13.7 Å². The van der Waals surface area contributed by atoms with Gasteiger partial charge in [-0.1, -0.05) is 39.0 Å². The molecule has 1 saturated heterocycles. The third-order valence-corrected chi connectivity index (χ3v) is 8.22. The lowest BCUT2D eigenvalue weighted by Gasteiger charge is -2.58. The second kappa shape index (κ2) is 9.86. The van der Waals surface area contributed by atoms with E-state index in [1.54, 1.807) is 7.11 Å². The van der Waals surface area contributed by atoms with Crippen LogP contribution in [0.3, 0.4) is 0 Å². The second-order valence-corrected chi connectivity index (χ2v) is 9.94. The van der Waals surface area contributed by atoms with E-state index < -0.39 is 0 Å². The number of hydrogen-bond acceptors (Lipinski definition) is 5. The Hall–Kier alpha value is -2.01. The zero-order valence-corrected chi connectivity index (χ0v) is 20.0. The molecule has 1 saturated carbocycles. The first-order chi connectivity index (χ1) is 15.5. The number of benzene rings is 1. The summed E-state index contributed by atoms with van der Waals surface area (Å²) in [4.78, 5) is 14.8. The standard InChI is InChI=1S/C27H39NO4/c1-4-5-6-9-16-32-24(29)12-11-19-17-23(31-3)26(30)25-20(19)18-22-21-10-7-8-13-27(21,25)14-15-28(22)2/h11-12,17,21-22,30H,4-10,13-16,18H2,1-3H3/b12-11+. The van der Waals surface area contributed by atoms with Crippen LogP contribution in [0.25, 0.3) is 6.08 Å². The number of carbonyl (C=O) groups is 1. The van der Waals surface area contributed by atoms with Crippen LogP contribution in [0.2, 0.25) is 0 Å². The molecular weight excluding hydrogens is 402 g/mol. The molecule has 3 aliphatic rings. The van der Waals surface area contributed by atoms with Gasteiger partial charge in [-0.05, 0) is 74.9 Å². The highest BCUT2D eigenvalue weighted by Crippen LogP contribution is 2.59. The number of fused-ring (bicyclic) bond motifs is 1. The first kappa shape index (κ1) is 23.2. The molecule has 32 heavy (non-hydrogen) atoms. The van der Waals surface area contributed by atoms with E-state index in [0.29, 0.717) is 30.1 Å². The van der Waals surface area contributed by atoms with Crippen LogP contribution in [0.15, 0.2) is 12.1 Å². The number of hydrogen-bond donors (Lipinski definition) is 1. The minimum Gasteiger partial charge on any atom is -0.504 e. The van der Waals surface area contributed by atoms with Crippen molar-refractivity contribution in [3.05, 3.63) is 28.8 Å². The molecule has 2 aliphatic carbocycles. The highest BCUT2D eigenvalue weighted by Gasteiger charge is 2.55. The number of aromatic hydroxyl groups is 1. The lowest BCUT2D eigenvalue weighted by Crippen LogP contribution is -2.60. The Balaban J connectivity index is 1.65. The van der Waals surface area contributed by atoms with Crippen LogP contribution in [-0.2, 0) is 21.4 Å². The molecule has 176 valence electrons. The summed E-state index contributed by atoms with van der Waals surface area (Å²) in [6.45, 7) is 3.70. The zero-order valence-electron chi connectivity index (χ0n) is 20.0. The summed E-state index contributed by atoms with van der Waals surface area (Å²) in [7, 11) is 3.85. The van der Waals surface area contributed by atoms with Gasteiger partial charge in [-0.3, -0.25) is 0 Å². The van der Waals surface area contributed by atoms with Crippen molar-refractivity contribution in [3.8, 4) is 11.5 Å². The Morgan fingerprint density at radius 3 is 2.91 bits per heavy atom. The van der Waals surface area contributed by atoms with Crippen LogP contribution < -0.4 is 4.74 Å². The quantitative estimate of drug-likeness (QED) is 0.340. The largest absolute Gasteiger partial charge is 0.504 e. The summed E-state index contributed by atoms with van der Waals surface area (Å²) in [5, 5.41) is 11.3. The highest BCUT2D eigenvalue weighted by atomic mass is 16.5. The summed E-state index contributed by atoms with van der Waals surface area (Å²) >= 11 is 0. The molecule has 0 amide bonds. The summed E-state index contributed by atoms with van der Waals surface area (Å²) in [6.07, 6.45) is 14.5. The molecule has 3 unspecified atom stereocenters. The number of rotatable bonds is 8. The Kier molecular flexibility index (Phi) is 7.14. The van der Waals surface area contributed by atoms with Crippen molar-refractivity contribution in [2.75, 3.05) is 27.3 Å². The van der Waals surface area contributed by atoms with Gasteiger partial charge >= 0.3 is 5.97 Å².